The molecule has 1 aliphatic heterocycles. The minimum Gasteiger partial charge on any atom is -0.481 e. The molecule has 0 aliphatic carbocycles. The maximum absolute atomic E-state index is 12.2. The molecule has 0 spiro atoms. The van der Waals surface area contributed by atoms with E-state index in [1.165, 1.54) is 6.08 Å². The lowest BCUT2D eigenvalue weighted by Crippen LogP contribution is -2.15. The van der Waals surface area contributed by atoms with Gasteiger partial charge in [-0.2, -0.15) is 0 Å². The molecule has 0 N–H and O–H groups in total. The Labute approximate surface area is 129 Å². The van der Waals surface area contributed by atoms with E-state index in [-0.39, 0.29) is 19.0 Å². The minimum atomic E-state index is -0.484. The van der Waals surface area contributed by atoms with Crippen molar-refractivity contribution in [3.63, 3.8) is 0 Å². The van der Waals surface area contributed by atoms with Crippen molar-refractivity contribution in [1.82, 2.24) is 0 Å². The first-order chi connectivity index (χ1) is 10.5. The summed E-state index contributed by atoms with van der Waals surface area (Å²) in [6.07, 6.45) is 1.49. The Morgan fingerprint density at radius 3 is 2.73 bits per heavy atom. The number of Topliss-reactive ketones (excluding diaryl/α,β-unsaturated/α-hetero) is 1. The molecule has 1 heterocycles. The Morgan fingerprint density at radius 2 is 2.09 bits per heavy atom. The molecular weight excluding hydrogens is 284 g/mol. The van der Waals surface area contributed by atoms with E-state index >= 15 is 0 Å². The highest BCUT2D eigenvalue weighted by Gasteiger charge is 2.30. The van der Waals surface area contributed by atoms with Gasteiger partial charge in [0.1, 0.15) is 18.1 Å². The van der Waals surface area contributed by atoms with Crippen LogP contribution in [0.25, 0.3) is 0 Å². The average Bonchev–Trinajstić information content (AvgIpc) is 2.82. The molecule has 0 atom stereocenters. The summed E-state index contributed by atoms with van der Waals surface area (Å²) in [5.74, 6) is 0.702. The van der Waals surface area contributed by atoms with Crippen molar-refractivity contribution in [3.8, 4) is 11.5 Å². The van der Waals surface area contributed by atoms with Crippen molar-refractivity contribution in [2.45, 2.75) is 20.8 Å². The molecule has 2 rings (SSSR count). The first-order valence-electron chi connectivity index (χ1n) is 6.88. The smallest absolute Gasteiger partial charge is 0.344 e. The lowest BCUT2D eigenvalue weighted by atomic mass is 10.1. The lowest BCUT2D eigenvalue weighted by molar-refractivity contribution is -0.144. The Hall–Kier alpha value is -2.56. The van der Waals surface area contributed by atoms with Crippen molar-refractivity contribution in [2.75, 3.05) is 13.2 Å². The molecule has 1 aromatic rings. The zero-order chi connectivity index (χ0) is 16.3. The fraction of sp³-hybridized carbons (Fsp3) is 0.294. The predicted molar refractivity (Wildman–Crippen MR) is 81.2 cm³/mol. The van der Waals surface area contributed by atoms with Crippen LogP contribution in [0.2, 0.25) is 0 Å². The van der Waals surface area contributed by atoms with Crippen LogP contribution in [-0.4, -0.2) is 25.0 Å². The second-order valence-corrected chi connectivity index (χ2v) is 5.09. The van der Waals surface area contributed by atoms with E-state index in [1.54, 1.807) is 19.1 Å². The van der Waals surface area contributed by atoms with E-state index in [1.807, 2.05) is 13.8 Å². The monoisotopic (exact) mass is 302 g/mol. The molecule has 22 heavy (non-hydrogen) atoms. The van der Waals surface area contributed by atoms with Crippen molar-refractivity contribution in [1.29, 1.82) is 0 Å². The number of benzene rings is 1. The third kappa shape index (κ3) is 3.03. The molecule has 5 nitrogen and oxygen atoms in total. The summed E-state index contributed by atoms with van der Waals surface area (Å²) >= 11 is 0. The summed E-state index contributed by atoms with van der Waals surface area (Å²) in [5.41, 5.74) is 2.00. The molecule has 1 aromatic carbocycles. The highest BCUT2D eigenvalue weighted by molar-refractivity contribution is 6.13. The van der Waals surface area contributed by atoms with Crippen LogP contribution in [0.5, 0.6) is 11.5 Å². The lowest BCUT2D eigenvalue weighted by Gasteiger charge is -2.11. The van der Waals surface area contributed by atoms with Gasteiger partial charge in [-0.05, 0) is 38.5 Å². The molecule has 1 aliphatic rings. The quantitative estimate of drug-likeness (QED) is 0.475. The Bertz CT molecular complexity index is 666. The molecule has 0 bridgehead atoms. The van der Waals surface area contributed by atoms with Gasteiger partial charge in [0.15, 0.2) is 12.4 Å². The van der Waals surface area contributed by atoms with E-state index in [2.05, 4.69) is 6.58 Å². The van der Waals surface area contributed by atoms with E-state index in [0.717, 1.165) is 5.57 Å². The molecule has 0 fully saturated rings. The molecule has 116 valence electrons. The van der Waals surface area contributed by atoms with Gasteiger partial charge in [0.2, 0.25) is 5.78 Å². The molecule has 0 unspecified atom stereocenters. The van der Waals surface area contributed by atoms with Crippen molar-refractivity contribution in [2.24, 2.45) is 0 Å². The first-order valence-corrected chi connectivity index (χ1v) is 6.88. The number of ether oxygens (including phenoxy) is 3. The van der Waals surface area contributed by atoms with Crippen LogP contribution in [0.15, 0.2) is 36.1 Å². The van der Waals surface area contributed by atoms with Crippen molar-refractivity contribution < 1.29 is 23.8 Å². The van der Waals surface area contributed by atoms with Gasteiger partial charge in [0.05, 0.1) is 5.56 Å². The van der Waals surface area contributed by atoms with Crippen LogP contribution in [0.4, 0.5) is 0 Å². The van der Waals surface area contributed by atoms with Gasteiger partial charge >= 0.3 is 5.97 Å². The molecule has 5 heteroatoms. The molecule has 0 radical (unpaired) electrons. The van der Waals surface area contributed by atoms with Gasteiger partial charge in [0.25, 0.3) is 0 Å². The number of rotatable bonds is 5. The Balaban J connectivity index is 2.17. The van der Waals surface area contributed by atoms with Gasteiger partial charge in [0, 0.05) is 5.56 Å². The second-order valence-electron chi connectivity index (χ2n) is 5.09. The third-order valence-corrected chi connectivity index (χ3v) is 3.17. The SMILES string of the molecule is C=CCOC(=O)COc1ccc2c(c1C)OC(=C(C)C)C2=O. The molecule has 0 amide bonds. The highest BCUT2D eigenvalue weighted by atomic mass is 16.6. The first kappa shape index (κ1) is 15.8. The van der Waals surface area contributed by atoms with Crippen molar-refractivity contribution in [3.05, 3.63) is 47.2 Å². The number of hydrogen-bond donors (Lipinski definition) is 0. The Kier molecular flexibility index (Phi) is 4.65. The van der Waals surface area contributed by atoms with Gasteiger partial charge in [-0.1, -0.05) is 12.7 Å². The normalized spacial score (nSPS) is 12.5. The molecular formula is C17H18O5. The number of carbonyl (C=O) groups is 2. The summed E-state index contributed by atoms with van der Waals surface area (Å²) in [4.78, 5) is 23.6. The number of allylic oxidation sites excluding steroid dienone is 2. The zero-order valence-corrected chi connectivity index (χ0v) is 12.9. The van der Waals surface area contributed by atoms with Gasteiger partial charge in [-0.3, -0.25) is 4.79 Å². The molecule has 0 saturated carbocycles. The number of fused-ring (bicyclic) bond motifs is 1. The third-order valence-electron chi connectivity index (χ3n) is 3.17. The number of esters is 1. The second kappa shape index (κ2) is 6.47. The van der Waals surface area contributed by atoms with Crippen LogP contribution in [0, 0.1) is 6.92 Å². The predicted octanol–water partition coefficient (Wildman–Crippen LogP) is 2.97. The van der Waals surface area contributed by atoms with Gasteiger partial charge < -0.3 is 14.2 Å². The van der Waals surface area contributed by atoms with Crippen LogP contribution in [0.3, 0.4) is 0 Å². The van der Waals surface area contributed by atoms with Gasteiger partial charge in [-0.25, -0.2) is 4.79 Å². The molecule has 0 saturated heterocycles. The summed E-state index contributed by atoms with van der Waals surface area (Å²) in [6.45, 7) is 8.82. The molecule has 0 aromatic heterocycles. The largest absolute Gasteiger partial charge is 0.481 e. The van der Waals surface area contributed by atoms with E-state index in [9.17, 15) is 9.59 Å². The van der Waals surface area contributed by atoms with E-state index < -0.39 is 5.97 Å². The standard InChI is InChI=1S/C17H18O5/c1-5-8-20-14(18)9-21-13-7-6-12-15(19)16(10(2)3)22-17(12)11(13)4/h5-7H,1,8-9H2,2-4H3. The topological polar surface area (TPSA) is 61.8 Å². The van der Waals surface area contributed by atoms with Crippen molar-refractivity contribution >= 4 is 11.8 Å². The summed E-state index contributed by atoms with van der Waals surface area (Å²) in [6, 6.07) is 3.30. The number of ketones is 1. The van der Waals surface area contributed by atoms with Crippen LogP contribution >= 0.6 is 0 Å². The maximum atomic E-state index is 12.2. The minimum absolute atomic E-state index is 0.130. The van der Waals surface area contributed by atoms with E-state index in [0.29, 0.717) is 28.4 Å². The summed E-state index contributed by atoms with van der Waals surface area (Å²) < 4.78 is 15.9. The van der Waals surface area contributed by atoms with E-state index in [4.69, 9.17) is 14.2 Å². The zero-order valence-electron chi connectivity index (χ0n) is 12.9. The maximum Gasteiger partial charge on any atom is 0.344 e. The average molecular weight is 302 g/mol. The van der Waals surface area contributed by atoms with Crippen LogP contribution < -0.4 is 9.47 Å². The van der Waals surface area contributed by atoms with Gasteiger partial charge in [-0.15, -0.1) is 0 Å². The number of hydrogen-bond acceptors (Lipinski definition) is 5. The Morgan fingerprint density at radius 1 is 1.36 bits per heavy atom. The fourth-order valence-electron chi connectivity index (χ4n) is 2.07. The number of carbonyl (C=O) groups excluding carboxylic acids is 2. The van der Waals surface area contributed by atoms with Crippen LogP contribution in [0.1, 0.15) is 29.8 Å². The highest BCUT2D eigenvalue weighted by Crippen LogP contribution is 2.39. The summed E-state index contributed by atoms with van der Waals surface area (Å²) in [7, 11) is 0. The fourth-order valence-corrected chi connectivity index (χ4v) is 2.07. The van der Waals surface area contributed by atoms with Crippen LogP contribution in [-0.2, 0) is 9.53 Å². The summed E-state index contributed by atoms with van der Waals surface area (Å²) in [5, 5.41) is 0.